The Morgan fingerprint density at radius 2 is 2.00 bits per heavy atom. The standard InChI is InChI=1S/C18H20N4O3.ClH/c19-15-8-9-21(12-15)18(23)14-6-7-16(17(10-14)22(24)25)20-11-13-4-2-1-3-5-13;/h1-7,10,15,20H,8-9,11-12,19H2;1H/t15-;/m1./s1. The Balaban J connectivity index is 0.00000243. The Morgan fingerprint density at radius 1 is 1.27 bits per heavy atom. The second kappa shape index (κ2) is 8.64. The zero-order valence-electron chi connectivity index (χ0n) is 14.1. The molecule has 0 bridgehead atoms. The number of halogens is 1. The van der Waals surface area contributed by atoms with Crippen molar-refractivity contribution in [3.05, 3.63) is 69.8 Å². The summed E-state index contributed by atoms with van der Waals surface area (Å²) >= 11 is 0. The smallest absolute Gasteiger partial charge is 0.293 e. The number of carbonyl (C=O) groups excluding carboxylic acids is 1. The highest BCUT2D eigenvalue weighted by atomic mass is 35.5. The molecule has 1 aliphatic heterocycles. The number of likely N-dealkylation sites (tertiary alicyclic amines) is 1. The highest BCUT2D eigenvalue weighted by molar-refractivity contribution is 5.96. The third-order valence-electron chi connectivity index (χ3n) is 4.28. The summed E-state index contributed by atoms with van der Waals surface area (Å²) < 4.78 is 0. The van der Waals surface area contributed by atoms with E-state index in [0.717, 1.165) is 12.0 Å². The molecule has 0 aromatic heterocycles. The van der Waals surface area contributed by atoms with Gasteiger partial charge < -0.3 is 16.0 Å². The van der Waals surface area contributed by atoms with Gasteiger partial charge in [0.15, 0.2) is 0 Å². The number of nitro groups is 1. The molecular formula is C18H21ClN4O3. The molecular weight excluding hydrogens is 356 g/mol. The van der Waals surface area contributed by atoms with E-state index in [4.69, 9.17) is 5.73 Å². The second-order valence-electron chi connectivity index (χ2n) is 6.13. The number of amides is 1. The molecule has 1 saturated heterocycles. The number of nitro benzene ring substituents is 1. The van der Waals surface area contributed by atoms with E-state index < -0.39 is 4.92 Å². The first-order valence-corrected chi connectivity index (χ1v) is 8.15. The van der Waals surface area contributed by atoms with Crippen molar-refractivity contribution >= 4 is 29.7 Å². The van der Waals surface area contributed by atoms with Crippen LogP contribution in [0.3, 0.4) is 0 Å². The Morgan fingerprint density at radius 3 is 2.62 bits per heavy atom. The van der Waals surface area contributed by atoms with Crippen LogP contribution in [0.5, 0.6) is 0 Å². The van der Waals surface area contributed by atoms with Crippen molar-refractivity contribution in [2.24, 2.45) is 5.73 Å². The summed E-state index contributed by atoms with van der Waals surface area (Å²) in [5, 5.41) is 14.5. The van der Waals surface area contributed by atoms with Gasteiger partial charge in [-0.15, -0.1) is 12.4 Å². The van der Waals surface area contributed by atoms with Crippen molar-refractivity contribution in [2.45, 2.75) is 19.0 Å². The quantitative estimate of drug-likeness (QED) is 0.617. The van der Waals surface area contributed by atoms with E-state index in [2.05, 4.69) is 5.32 Å². The third kappa shape index (κ3) is 4.50. The summed E-state index contributed by atoms with van der Waals surface area (Å²) in [6.07, 6.45) is 0.755. The minimum absolute atomic E-state index is 0. The maximum atomic E-state index is 12.5. The minimum Gasteiger partial charge on any atom is -0.375 e. The second-order valence-corrected chi connectivity index (χ2v) is 6.13. The number of benzene rings is 2. The average molecular weight is 377 g/mol. The molecule has 8 heteroatoms. The van der Waals surface area contributed by atoms with Gasteiger partial charge in [0, 0.05) is 37.3 Å². The third-order valence-corrected chi connectivity index (χ3v) is 4.28. The normalized spacial score (nSPS) is 16.0. The maximum Gasteiger partial charge on any atom is 0.293 e. The molecule has 0 unspecified atom stereocenters. The molecule has 0 saturated carbocycles. The molecule has 1 heterocycles. The number of hydrogen-bond acceptors (Lipinski definition) is 5. The Hall–Kier alpha value is -2.64. The first-order valence-electron chi connectivity index (χ1n) is 8.15. The summed E-state index contributed by atoms with van der Waals surface area (Å²) in [6, 6.07) is 14.1. The molecule has 0 radical (unpaired) electrons. The Bertz CT molecular complexity index is 785. The molecule has 3 rings (SSSR count). The molecule has 138 valence electrons. The van der Waals surface area contributed by atoms with E-state index in [1.54, 1.807) is 17.0 Å². The number of nitrogens with zero attached hydrogens (tertiary/aromatic N) is 2. The van der Waals surface area contributed by atoms with Gasteiger partial charge in [-0.2, -0.15) is 0 Å². The lowest BCUT2D eigenvalue weighted by Gasteiger charge is -2.16. The molecule has 1 fully saturated rings. The van der Waals surface area contributed by atoms with Crippen LogP contribution < -0.4 is 11.1 Å². The van der Waals surface area contributed by atoms with E-state index in [0.29, 0.717) is 30.9 Å². The number of nitrogens with two attached hydrogens (primary N) is 1. The van der Waals surface area contributed by atoms with Gasteiger partial charge in [-0.3, -0.25) is 14.9 Å². The lowest BCUT2D eigenvalue weighted by Crippen LogP contribution is -2.31. The largest absolute Gasteiger partial charge is 0.375 e. The molecule has 0 spiro atoms. The van der Waals surface area contributed by atoms with Crippen LogP contribution in [0.25, 0.3) is 0 Å². The van der Waals surface area contributed by atoms with Crippen molar-refractivity contribution in [1.29, 1.82) is 0 Å². The monoisotopic (exact) mass is 376 g/mol. The Labute approximate surface area is 157 Å². The zero-order chi connectivity index (χ0) is 17.8. The van der Waals surface area contributed by atoms with Gasteiger partial charge in [-0.25, -0.2) is 0 Å². The summed E-state index contributed by atoms with van der Waals surface area (Å²) in [5.74, 6) is -0.217. The fourth-order valence-electron chi connectivity index (χ4n) is 2.91. The molecule has 2 aromatic rings. The molecule has 3 N–H and O–H groups in total. The first-order chi connectivity index (χ1) is 12.0. The van der Waals surface area contributed by atoms with Gasteiger partial charge in [-0.05, 0) is 24.1 Å². The average Bonchev–Trinajstić information content (AvgIpc) is 3.06. The van der Waals surface area contributed by atoms with E-state index >= 15 is 0 Å². The fraction of sp³-hybridized carbons (Fsp3) is 0.278. The first kappa shape index (κ1) is 19.7. The maximum absolute atomic E-state index is 12.5. The van der Waals surface area contributed by atoms with Crippen molar-refractivity contribution in [3.63, 3.8) is 0 Å². The van der Waals surface area contributed by atoms with Crippen LogP contribution in [0.1, 0.15) is 22.3 Å². The number of nitrogens with one attached hydrogen (secondary N) is 1. The number of rotatable bonds is 5. The van der Waals surface area contributed by atoms with Crippen LogP contribution >= 0.6 is 12.4 Å². The van der Waals surface area contributed by atoms with Gasteiger partial charge in [0.25, 0.3) is 11.6 Å². The number of anilines is 1. The van der Waals surface area contributed by atoms with E-state index in [1.165, 1.54) is 6.07 Å². The van der Waals surface area contributed by atoms with Crippen molar-refractivity contribution in [2.75, 3.05) is 18.4 Å². The van der Waals surface area contributed by atoms with Crippen molar-refractivity contribution in [1.82, 2.24) is 4.90 Å². The van der Waals surface area contributed by atoms with E-state index in [9.17, 15) is 14.9 Å². The van der Waals surface area contributed by atoms with E-state index in [-0.39, 0.29) is 30.0 Å². The van der Waals surface area contributed by atoms with Crippen LogP contribution in [0, 0.1) is 10.1 Å². The summed E-state index contributed by atoms with van der Waals surface area (Å²) in [7, 11) is 0. The predicted octanol–water partition coefficient (Wildman–Crippen LogP) is 2.80. The fourth-order valence-corrected chi connectivity index (χ4v) is 2.91. The predicted molar refractivity (Wildman–Crippen MR) is 103 cm³/mol. The summed E-state index contributed by atoms with van der Waals surface area (Å²) in [6.45, 7) is 1.54. The van der Waals surface area contributed by atoms with Crippen molar-refractivity contribution < 1.29 is 9.72 Å². The van der Waals surface area contributed by atoms with Crippen LogP contribution in [0.15, 0.2) is 48.5 Å². The zero-order valence-corrected chi connectivity index (χ0v) is 14.9. The lowest BCUT2D eigenvalue weighted by atomic mass is 10.1. The summed E-state index contributed by atoms with van der Waals surface area (Å²) in [5.41, 5.74) is 7.44. The molecule has 1 atom stereocenters. The number of carbonyl (C=O) groups is 1. The van der Waals surface area contributed by atoms with Crippen LogP contribution in [-0.2, 0) is 6.54 Å². The lowest BCUT2D eigenvalue weighted by molar-refractivity contribution is -0.384. The van der Waals surface area contributed by atoms with Gasteiger partial charge in [0.2, 0.25) is 0 Å². The Kier molecular flexibility index (Phi) is 6.54. The minimum atomic E-state index is -0.472. The van der Waals surface area contributed by atoms with Gasteiger partial charge in [-0.1, -0.05) is 30.3 Å². The molecule has 0 aliphatic carbocycles. The van der Waals surface area contributed by atoms with Crippen LogP contribution in [0.4, 0.5) is 11.4 Å². The van der Waals surface area contributed by atoms with Crippen LogP contribution in [-0.4, -0.2) is 34.9 Å². The summed E-state index contributed by atoms with van der Waals surface area (Å²) in [4.78, 5) is 25.1. The number of hydrogen-bond donors (Lipinski definition) is 2. The van der Waals surface area contributed by atoms with Gasteiger partial charge in [0.05, 0.1) is 4.92 Å². The molecule has 1 aliphatic rings. The van der Waals surface area contributed by atoms with Crippen molar-refractivity contribution in [3.8, 4) is 0 Å². The molecule has 7 nitrogen and oxygen atoms in total. The molecule has 26 heavy (non-hydrogen) atoms. The van der Waals surface area contributed by atoms with Crippen LogP contribution in [0.2, 0.25) is 0 Å². The van der Waals surface area contributed by atoms with Gasteiger partial charge >= 0.3 is 0 Å². The topological polar surface area (TPSA) is 102 Å². The SMILES string of the molecule is Cl.N[C@@H]1CCN(C(=O)c2ccc(NCc3ccccc3)c([N+](=O)[O-])c2)C1. The highest BCUT2D eigenvalue weighted by Crippen LogP contribution is 2.27. The molecule has 1 amide bonds. The van der Waals surface area contributed by atoms with Gasteiger partial charge in [0.1, 0.15) is 5.69 Å². The van der Waals surface area contributed by atoms with E-state index in [1.807, 2.05) is 30.3 Å². The highest BCUT2D eigenvalue weighted by Gasteiger charge is 2.26. The molecule has 2 aromatic carbocycles.